The van der Waals surface area contributed by atoms with Gasteiger partial charge >= 0.3 is 0 Å². The van der Waals surface area contributed by atoms with Gasteiger partial charge in [0.05, 0.1) is 0 Å². The molecule has 6 nitrogen and oxygen atoms in total. The Morgan fingerprint density at radius 1 is 0.857 bits per heavy atom. The summed E-state index contributed by atoms with van der Waals surface area (Å²) >= 11 is 0. The van der Waals surface area contributed by atoms with E-state index in [1.807, 2.05) is 0 Å². The van der Waals surface area contributed by atoms with Crippen LogP contribution in [0.3, 0.4) is 0 Å². The Morgan fingerprint density at radius 3 is 1.64 bits per heavy atom. The van der Waals surface area contributed by atoms with Crippen LogP contribution in [-0.2, 0) is 0 Å². The molecule has 0 aliphatic carbocycles. The summed E-state index contributed by atoms with van der Waals surface area (Å²) in [5.41, 5.74) is 0.479. The summed E-state index contributed by atoms with van der Waals surface area (Å²) < 4.78 is 0. The van der Waals surface area contributed by atoms with Crippen molar-refractivity contribution < 1.29 is 0 Å². The minimum atomic E-state index is -0.0273. The van der Waals surface area contributed by atoms with Gasteiger partial charge in [0.25, 0.3) is 0 Å². The van der Waals surface area contributed by atoms with Crippen molar-refractivity contribution in [2.45, 2.75) is 0 Å². The summed E-state index contributed by atoms with van der Waals surface area (Å²) in [6.07, 6.45) is 2.90. The highest BCUT2D eigenvalue weighted by Gasteiger charge is 2.08. The first-order valence-electron chi connectivity index (χ1n) is 3.64. The Bertz CT molecular complexity index is 524. The van der Waals surface area contributed by atoms with Gasteiger partial charge in [0.1, 0.15) is 12.1 Å². The second kappa shape index (κ2) is 3.04. The second-order valence-corrected chi connectivity index (χ2v) is 2.35. The third-order valence-electron chi connectivity index (χ3n) is 1.53. The average molecular weight is 182 g/mol. The Morgan fingerprint density at radius 2 is 1.29 bits per heavy atom. The molecule has 6 heteroatoms. The standard InChI is InChI=1S/C8H2N6/c9-3-5-6(4-10)14-8-7(13-5)11-1-2-12-8/h1-2H. The zero-order valence-electron chi connectivity index (χ0n) is 6.84. The first-order valence-corrected chi connectivity index (χ1v) is 3.64. The van der Waals surface area contributed by atoms with Crippen LogP contribution in [-0.4, -0.2) is 19.9 Å². The maximum Gasteiger partial charge on any atom is 0.199 e. The van der Waals surface area contributed by atoms with E-state index in [2.05, 4.69) is 19.9 Å². The summed E-state index contributed by atoms with van der Waals surface area (Å²) in [7, 11) is 0. The van der Waals surface area contributed by atoms with Gasteiger partial charge in [-0.15, -0.1) is 0 Å². The molecule has 14 heavy (non-hydrogen) atoms. The van der Waals surface area contributed by atoms with Gasteiger partial charge in [0.2, 0.25) is 0 Å². The lowest BCUT2D eigenvalue weighted by atomic mass is 10.3. The van der Waals surface area contributed by atoms with Crippen LogP contribution in [0.4, 0.5) is 0 Å². The van der Waals surface area contributed by atoms with Crippen LogP contribution in [0, 0.1) is 22.7 Å². The fourth-order valence-electron chi connectivity index (χ4n) is 0.955. The van der Waals surface area contributed by atoms with Crippen molar-refractivity contribution in [3.8, 4) is 12.1 Å². The van der Waals surface area contributed by atoms with E-state index in [1.54, 1.807) is 12.1 Å². The average Bonchev–Trinajstić information content (AvgIpc) is 2.27. The van der Waals surface area contributed by atoms with E-state index in [-0.39, 0.29) is 22.7 Å². The molecule has 0 aliphatic rings. The van der Waals surface area contributed by atoms with Gasteiger partial charge in [0, 0.05) is 12.4 Å². The Hall–Kier alpha value is -2.60. The highest BCUT2D eigenvalue weighted by Crippen LogP contribution is 2.06. The topological polar surface area (TPSA) is 99.1 Å². The number of hydrogen-bond acceptors (Lipinski definition) is 6. The molecule has 2 aromatic heterocycles. The second-order valence-electron chi connectivity index (χ2n) is 2.35. The van der Waals surface area contributed by atoms with Gasteiger partial charge in [-0.3, -0.25) is 0 Å². The molecule has 0 aromatic carbocycles. The van der Waals surface area contributed by atoms with Crippen molar-refractivity contribution >= 4 is 11.3 Å². The number of nitriles is 2. The molecule has 0 N–H and O–H groups in total. The fraction of sp³-hybridized carbons (Fsp3) is 0. The first kappa shape index (κ1) is 8.02. The molecule has 2 rings (SSSR count). The Balaban J connectivity index is 2.85. The fourth-order valence-corrected chi connectivity index (χ4v) is 0.955. The summed E-state index contributed by atoms with van der Waals surface area (Å²) in [5.74, 6) is 0. The van der Waals surface area contributed by atoms with Crippen molar-refractivity contribution in [2.75, 3.05) is 0 Å². The van der Waals surface area contributed by atoms with Gasteiger partial charge in [-0.2, -0.15) is 10.5 Å². The Labute approximate surface area is 78.5 Å². The number of nitrogens with zero attached hydrogens (tertiary/aromatic N) is 6. The highest BCUT2D eigenvalue weighted by molar-refractivity contribution is 5.65. The minimum Gasteiger partial charge on any atom is -0.232 e. The molecule has 0 unspecified atom stereocenters. The largest absolute Gasteiger partial charge is 0.232 e. The summed E-state index contributed by atoms with van der Waals surface area (Å²) in [6, 6.07) is 3.55. The molecule has 0 atom stereocenters. The minimum absolute atomic E-state index is 0.0273. The maximum absolute atomic E-state index is 8.66. The van der Waals surface area contributed by atoms with Crippen LogP contribution < -0.4 is 0 Å². The normalized spacial score (nSPS) is 9.29. The van der Waals surface area contributed by atoms with Crippen LogP contribution in [0.25, 0.3) is 11.3 Å². The summed E-state index contributed by atoms with van der Waals surface area (Å²) in [6.45, 7) is 0. The van der Waals surface area contributed by atoms with Gasteiger partial charge in [-0.1, -0.05) is 0 Å². The monoisotopic (exact) mass is 182 g/mol. The molecule has 0 aliphatic heterocycles. The zero-order valence-corrected chi connectivity index (χ0v) is 6.84. The molecule has 0 spiro atoms. The molecule has 0 radical (unpaired) electrons. The lowest BCUT2D eigenvalue weighted by molar-refractivity contribution is 1.11. The van der Waals surface area contributed by atoms with Crippen LogP contribution >= 0.6 is 0 Å². The molecule has 0 saturated carbocycles. The molecular weight excluding hydrogens is 180 g/mol. The van der Waals surface area contributed by atoms with E-state index < -0.39 is 0 Å². The zero-order chi connectivity index (χ0) is 9.97. The molecule has 64 valence electrons. The van der Waals surface area contributed by atoms with E-state index in [9.17, 15) is 0 Å². The lowest BCUT2D eigenvalue weighted by Gasteiger charge is -1.95. The van der Waals surface area contributed by atoms with Crippen LogP contribution in [0.15, 0.2) is 12.4 Å². The van der Waals surface area contributed by atoms with Crippen LogP contribution in [0.1, 0.15) is 11.4 Å². The van der Waals surface area contributed by atoms with E-state index in [0.717, 1.165) is 0 Å². The van der Waals surface area contributed by atoms with Gasteiger partial charge in [0.15, 0.2) is 22.7 Å². The molecule has 0 fully saturated rings. The molecule has 2 aromatic rings. The highest BCUT2D eigenvalue weighted by atomic mass is 15.0. The van der Waals surface area contributed by atoms with Crippen molar-refractivity contribution in [3.05, 3.63) is 23.8 Å². The molecule has 0 amide bonds. The third-order valence-corrected chi connectivity index (χ3v) is 1.53. The van der Waals surface area contributed by atoms with E-state index >= 15 is 0 Å². The van der Waals surface area contributed by atoms with Crippen molar-refractivity contribution in [3.63, 3.8) is 0 Å². The van der Waals surface area contributed by atoms with Crippen LogP contribution in [0.2, 0.25) is 0 Å². The third kappa shape index (κ3) is 1.11. The smallest absolute Gasteiger partial charge is 0.199 e. The predicted molar refractivity (Wildman–Crippen MR) is 44.6 cm³/mol. The number of fused-ring (bicyclic) bond motifs is 1. The summed E-state index contributed by atoms with van der Waals surface area (Å²) in [4.78, 5) is 15.4. The SMILES string of the molecule is N#Cc1nc2nccnc2nc1C#N. The number of aromatic nitrogens is 4. The maximum atomic E-state index is 8.66. The molecule has 2 heterocycles. The summed E-state index contributed by atoms with van der Waals surface area (Å²) in [5, 5.41) is 17.3. The number of rotatable bonds is 0. The van der Waals surface area contributed by atoms with Gasteiger partial charge in [-0.05, 0) is 0 Å². The van der Waals surface area contributed by atoms with E-state index in [0.29, 0.717) is 0 Å². The molecular formula is C8H2N6. The number of hydrogen-bond donors (Lipinski definition) is 0. The van der Waals surface area contributed by atoms with Crippen molar-refractivity contribution in [1.29, 1.82) is 10.5 Å². The first-order chi connectivity index (χ1) is 6.85. The van der Waals surface area contributed by atoms with Gasteiger partial charge in [-0.25, -0.2) is 19.9 Å². The predicted octanol–water partition coefficient (Wildman–Crippen LogP) is 0.163. The molecule has 0 saturated heterocycles. The van der Waals surface area contributed by atoms with E-state index in [1.165, 1.54) is 12.4 Å². The quantitative estimate of drug-likeness (QED) is 0.575. The van der Waals surface area contributed by atoms with Crippen molar-refractivity contribution in [1.82, 2.24) is 19.9 Å². The van der Waals surface area contributed by atoms with Crippen LogP contribution in [0.5, 0.6) is 0 Å². The van der Waals surface area contributed by atoms with Crippen molar-refractivity contribution in [2.24, 2.45) is 0 Å². The lowest BCUT2D eigenvalue weighted by Crippen LogP contribution is -1.98. The Kier molecular flexibility index (Phi) is 1.74. The molecule has 0 bridgehead atoms. The van der Waals surface area contributed by atoms with Gasteiger partial charge < -0.3 is 0 Å². The van der Waals surface area contributed by atoms with E-state index in [4.69, 9.17) is 10.5 Å².